The number of hydrogen-bond acceptors (Lipinski definition) is 6. The second-order valence-electron chi connectivity index (χ2n) is 4.03. The van der Waals surface area contributed by atoms with Crippen LogP contribution in [0.5, 0.6) is 0 Å². The standard InChI is InChI=1S/C10H11N3O5/c14-7-3-8(10(15)16)12(5-7)9-2-1-6(4-11-9)13(17)18/h1-2,4,7-8,14H,3,5H2,(H,15,16). The summed E-state index contributed by atoms with van der Waals surface area (Å²) in [5.74, 6) is -0.740. The number of carboxylic acids is 1. The van der Waals surface area contributed by atoms with Gasteiger partial charge < -0.3 is 15.1 Å². The Morgan fingerprint density at radius 3 is 2.78 bits per heavy atom. The average Bonchev–Trinajstić information content (AvgIpc) is 2.71. The lowest BCUT2D eigenvalue weighted by Gasteiger charge is -2.21. The van der Waals surface area contributed by atoms with E-state index in [0.29, 0.717) is 5.82 Å². The Balaban J connectivity index is 2.24. The molecule has 2 rings (SSSR count). The van der Waals surface area contributed by atoms with Crippen LogP contribution >= 0.6 is 0 Å². The molecule has 8 nitrogen and oxygen atoms in total. The quantitative estimate of drug-likeness (QED) is 0.575. The van der Waals surface area contributed by atoms with Crippen molar-refractivity contribution in [2.45, 2.75) is 18.6 Å². The lowest BCUT2D eigenvalue weighted by Crippen LogP contribution is -2.36. The molecule has 0 bridgehead atoms. The van der Waals surface area contributed by atoms with Gasteiger partial charge in [0.05, 0.1) is 11.0 Å². The second-order valence-corrected chi connectivity index (χ2v) is 4.03. The van der Waals surface area contributed by atoms with Crippen LogP contribution in [0.3, 0.4) is 0 Å². The molecule has 2 heterocycles. The van der Waals surface area contributed by atoms with Crippen molar-refractivity contribution in [1.82, 2.24) is 4.98 Å². The SMILES string of the molecule is O=C(O)C1CC(O)CN1c1ccc([N+](=O)[O-])cn1. The van der Waals surface area contributed by atoms with Crippen LogP contribution in [0.25, 0.3) is 0 Å². The first-order chi connectivity index (χ1) is 8.49. The van der Waals surface area contributed by atoms with Gasteiger partial charge in [-0.25, -0.2) is 9.78 Å². The molecule has 96 valence electrons. The fourth-order valence-electron chi connectivity index (χ4n) is 1.96. The van der Waals surface area contributed by atoms with Crippen molar-refractivity contribution < 1.29 is 19.9 Å². The van der Waals surface area contributed by atoms with Gasteiger partial charge in [-0.1, -0.05) is 0 Å². The molecule has 2 unspecified atom stereocenters. The van der Waals surface area contributed by atoms with E-state index in [9.17, 15) is 20.0 Å². The summed E-state index contributed by atoms with van der Waals surface area (Å²) in [6.45, 7) is 0.155. The van der Waals surface area contributed by atoms with Gasteiger partial charge in [-0.15, -0.1) is 0 Å². The van der Waals surface area contributed by atoms with Gasteiger partial charge in [-0.2, -0.15) is 0 Å². The first kappa shape index (κ1) is 12.2. The highest BCUT2D eigenvalue weighted by Crippen LogP contribution is 2.25. The predicted molar refractivity (Wildman–Crippen MR) is 60.3 cm³/mol. The van der Waals surface area contributed by atoms with E-state index in [-0.39, 0.29) is 18.7 Å². The average molecular weight is 253 g/mol. The first-order valence-corrected chi connectivity index (χ1v) is 5.27. The molecular weight excluding hydrogens is 242 g/mol. The number of nitrogens with zero attached hydrogens (tertiary/aromatic N) is 3. The zero-order valence-electron chi connectivity index (χ0n) is 9.26. The monoisotopic (exact) mass is 253 g/mol. The van der Waals surface area contributed by atoms with Crippen molar-refractivity contribution in [3.05, 3.63) is 28.4 Å². The number of nitro groups is 1. The molecule has 2 atom stereocenters. The third-order valence-corrected chi connectivity index (χ3v) is 2.80. The Morgan fingerprint density at radius 1 is 1.56 bits per heavy atom. The summed E-state index contributed by atoms with van der Waals surface area (Å²) >= 11 is 0. The van der Waals surface area contributed by atoms with Crippen molar-refractivity contribution in [3.8, 4) is 0 Å². The molecular formula is C10H11N3O5. The Hall–Kier alpha value is -2.22. The summed E-state index contributed by atoms with van der Waals surface area (Å²) in [4.78, 5) is 26.2. The zero-order chi connectivity index (χ0) is 13.3. The molecule has 0 amide bonds. The van der Waals surface area contributed by atoms with Crippen molar-refractivity contribution in [3.63, 3.8) is 0 Å². The van der Waals surface area contributed by atoms with Crippen LogP contribution in [0.1, 0.15) is 6.42 Å². The van der Waals surface area contributed by atoms with Gasteiger partial charge in [0.15, 0.2) is 0 Å². The van der Waals surface area contributed by atoms with Crippen LogP contribution in [-0.4, -0.2) is 44.8 Å². The highest BCUT2D eigenvalue weighted by atomic mass is 16.6. The molecule has 8 heteroatoms. The fraction of sp³-hybridized carbons (Fsp3) is 0.400. The topological polar surface area (TPSA) is 117 Å². The largest absolute Gasteiger partial charge is 0.480 e. The fourth-order valence-corrected chi connectivity index (χ4v) is 1.96. The molecule has 1 aliphatic heterocycles. The summed E-state index contributed by atoms with van der Waals surface area (Å²) < 4.78 is 0. The van der Waals surface area contributed by atoms with E-state index in [0.717, 1.165) is 6.20 Å². The van der Waals surface area contributed by atoms with Crippen LogP contribution < -0.4 is 4.90 Å². The maximum atomic E-state index is 11.0. The normalized spacial score (nSPS) is 23.1. The summed E-state index contributed by atoms with van der Waals surface area (Å²) in [5.41, 5.74) is -0.162. The summed E-state index contributed by atoms with van der Waals surface area (Å²) in [6, 6.07) is 1.78. The highest BCUT2D eigenvalue weighted by Gasteiger charge is 2.36. The Morgan fingerprint density at radius 2 is 2.28 bits per heavy atom. The number of β-amino-alcohol motifs (C(OH)–C–C–N with tert-alkyl or cyclic N) is 1. The molecule has 0 spiro atoms. The van der Waals surface area contributed by atoms with E-state index in [4.69, 9.17) is 5.11 Å². The van der Waals surface area contributed by atoms with Crippen LogP contribution in [0.4, 0.5) is 11.5 Å². The third-order valence-electron chi connectivity index (χ3n) is 2.80. The minimum Gasteiger partial charge on any atom is -0.480 e. The molecule has 1 aromatic rings. The van der Waals surface area contributed by atoms with E-state index in [1.165, 1.54) is 17.0 Å². The predicted octanol–water partition coefficient (Wildman–Crippen LogP) is 0.0140. The molecule has 0 aromatic carbocycles. The number of aliphatic carboxylic acids is 1. The number of aliphatic hydroxyl groups excluding tert-OH is 1. The van der Waals surface area contributed by atoms with E-state index in [1.54, 1.807) is 0 Å². The van der Waals surface area contributed by atoms with Crippen LogP contribution in [0.15, 0.2) is 18.3 Å². The van der Waals surface area contributed by atoms with E-state index < -0.39 is 23.0 Å². The maximum Gasteiger partial charge on any atom is 0.326 e. The first-order valence-electron chi connectivity index (χ1n) is 5.27. The Labute approximate surface area is 102 Å². The number of rotatable bonds is 3. The highest BCUT2D eigenvalue weighted by molar-refractivity contribution is 5.78. The molecule has 1 saturated heterocycles. The van der Waals surface area contributed by atoms with Crippen molar-refractivity contribution >= 4 is 17.5 Å². The van der Waals surface area contributed by atoms with Gasteiger partial charge in [0.2, 0.25) is 0 Å². The molecule has 0 radical (unpaired) electrons. The second kappa shape index (κ2) is 4.57. The number of carboxylic acid groups (broad SMARTS) is 1. The van der Waals surface area contributed by atoms with Gasteiger partial charge in [0.1, 0.15) is 18.1 Å². The van der Waals surface area contributed by atoms with E-state index in [2.05, 4.69) is 4.98 Å². The smallest absolute Gasteiger partial charge is 0.326 e. The summed E-state index contributed by atoms with van der Waals surface area (Å²) in [7, 11) is 0. The van der Waals surface area contributed by atoms with Crippen LogP contribution in [0.2, 0.25) is 0 Å². The number of hydrogen-bond donors (Lipinski definition) is 2. The van der Waals surface area contributed by atoms with E-state index >= 15 is 0 Å². The van der Waals surface area contributed by atoms with Crippen LogP contribution in [0, 0.1) is 10.1 Å². The number of aromatic nitrogens is 1. The Bertz CT molecular complexity index is 475. The summed E-state index contributed by atoms with van der Waals surface area (Å²) in [6.07, 6.45) is 0.454. The molecule has 1 fully saturated rings. The lowest BCUT2D eigenvalue weighted by molar-refractivity contribution is -0.385. The Kier molecular flexibility index (Phi) is 3.11. The molecule has 1 aliphatic rings. The maximum absolute atomic E-state index is 11.0. The van der Waals surface area contributed by atoms with Crippen molar-refractivity contribution in [2.75, 3.05) is 11.4 Å². The zero-order valence-corrected chi connectivity index (χ0v) is 9.26. The third kappa shape index (κ3) is 2.23. The van der Waals surface area contributed by atoms with E-state index in [1.807, 2.05) is 0 Å². The van der Waals surface area contributed by atoms with Gasteiger partial charge in [0.25, 0.3) is 5.69 Å². The number of aliphatic hydroxyl groups is 1. The number of carbonyl (C=O) groups is 1. The molecule has 0 aliphatic carbocycles. The van der Waals surface area contributed by atoms with Crippen molar-refractivity contribution in [1.29, 1.82) is 0 Å². The lowest BCUT2D eigenvalue weighted by atomic mass is 10.2. The van der Waals surface area contributed by atoms with Gasteiger partial charge in [-0.05, 0) is 6.07 Å². The molecule has 1 aromatic heterocycles. The van der Waals surface area contributed by atoms with Crippen molar-refractivity contribution in [2.24, 2.45) is 0 Å². The molecule has 18 heavy (non-hydrogen) atoms. The van der Waals surface area contributed by atoms with Gasteiger partial charge in [0, 0.05) is 19.0 Å². The minimum absolute atomic E-state index is 0.119. The van der Waals surface area contributed by atoms with Crippen LogP contribution in [-0.2, 0) is 4.79 Å². The molecule has 2 N–H and O–H groups in total. The number of anilines is 1. The minimum atomic E-state index is -1.05. The molecule has 0 saturated carbocycles. The summed E-state index contributed by atoms with van der Waals surface area (Å²) in [5, 5.41) is 29.0. The van der Waals surface area contributed by atoms with Gasteiger partial charge in [-0.3, -0.25) is 10.1 Å². The number of pyridine rings is 1. The van der Waals surface area contributed by atoms with Gasteiger partial charge >= 0.3 is 5.97 Å².